The van der Waals surface area contributed by atoms with Gasteiger partial charge in [0.2, 0.25) is 0 Å². The summed E-state index contributed by atoms with van der Waals surface area (Å²) >= 11 is 3.59. The van der Waals surface area contributed by atoms with E-state index in [2.05, 4.69) is 54.9 Å². The summed E-state index contributed by atoms with van der Waals surface area (Å²) in [5.74, 6) is 0. The van der Waals surface area contributed by atoms with Gasteiger partial charge in [-0.05, 0) is 11.8 Å². The van der Waals surface area contributed by atoms with Crippen molar-refractivity contribution in [2.75, 3.05) is 0 Å². The zero-order valence-corrected chi connectivity index (χ0v) is 8.98. The lowest BCUT2D eigenvalue weighted by Crippen LogP contribution is -2.14. The van der Waals surface area contributed by atoms with Gasteiger partial charge in [0.15, 0.2) is 0 Å². The van der Waals surface area contributed by atoms with Crippen LogP contribution in [0.2, 0.25) is 0 Å². The number of alkyl halides is 1. The third-order valence-electron chi connectivity index (χ3n) is 2.00. The second-order valence-corrected chi connectivity index (χ2v) is 5.22. The van der Waals surface area contributed by atoms with Gasteiger partial charge in [-0.15, -0.1) is 0 Å². The van der Waals surface area contributed by atoms with Crippen LogP contribution >= 0.6 is 15.9 Å². The standard InChI is InChI=1S/C10H15Br/c1-10(2,3)8-5-4-6-9(11)7-8/h4-6,9H,7H2,1-3H3. The Kier molecular flexibility index (Phi) is 2.58. The zero-order valence-electron chi connectivity index (χ0n) is 7.39. The molecule has 0 aromatic carbocycles. The van der Waals surface area contributed by atoms with E-state index in [1.54, 1.807) is 0 Å². The molecule has 0 aromatic rings. The molecule has 0 N–H and O–H groups in total. The third-order valence-corrected chi connectivity index (χ3v) is 2.62. The Labute approximate surface area is 77.5 Å². The van der Waals surface area contributed by atoms with Crippen molar-refractivity contribution in [2.45, 2.75) is 32.0 Å². The molecule has 1 heteroatoms. The predicted octanol–water partition coefficient (Wildman–Crippen LogP) is 3.68. The Morgan fingerprint density at radius 1 is 1.45 bits per heavy atom. The minimum atomic E-state index is 0.330. The first-order chi connectivity index (χ1) is 5.00. The summed E-state index contributed by atoms with van der Waals surface area (Å²) in [4.78, 5) is 0.543. The Bertz CT molecular complexity index is 193. The van der Waals surface area contributed by atoms with E-state index in [0.29, 0.717) is 10.2 Å². The number of halogens is 1. The van der Waals surface area contributed by atoms with Crippen molar-refractivity contribution < 1.29 is 0 Å². The maximum absolute atomic E-state index is 3.59. The van der Waals surface area contributed by atoms with E-state index >= 15 is 0 Å². The lowest BCUT2D eigenvalue weighted by molar-refractivity contribution is 0.483. The molecule has 0 amide bonds. The SMILES string of the molecule is CC(C)(C)C1=CC=CC(Br)C1. The number of hydrogen-bond donors (Lipinski definition) is 0. The Morgan fingerprint density at radius 2 is 2.09 bits per heavy atom. The second-order valence-electron chi connectivity index (χ2n) is 4.05. The van der Waals surface area contributed by atoms with Crippen molar-refractivity contribution in [3.8, 4) is 0 Å². The van der Waals surface area contributed by atoms with Crippen molar-refractivity contribution in [3.05, 3.63) is 23.8 Å². The first-order valence-electron chi connectivity index (χ1n) is 4.02. The Balaban J connectivity index is 2.75. The summed E-state index contributed by atoms with van der Waals surface area (Å²) in [5.41, 5.74) is 1.86. The van der Waals surface area contributed by atoms with Crippen molar-refractivity contribution in [2.24, 2.45) is 5.41 Å². The highest BCUT2D eigenvalue weighted by Crippen LogP contribution is 2.32. The molecule has 11 heavy (non-hydrogen) atoms. The number of allylic oxidation sites excluding steroid dienone is 4. The molecule has 62 valence electrons. The van der Waals surface area contributed by atoms with Crippen LogP contribution in [0.5, 0.6) is 0 Å². The summed E-state index contributed by atoms with van der Waals surface area (Å²) < 4.78 is 0. The van der Waals surface area contributed by atoms with Crippen LogP contribution in [0.25, 0.3) is 0 Å². The molecule has 0 aliphatic heterocycles. The van der Waals surface area contributed by atoms with Gasteiger partial charge in [0, 0.05) is 4.83 Å². The molecule has 1 aliphatic carbocycles. The summed E-state index contributed by atoms with van der Waals surface area (Å²) in [6.07, 6.45) is 7.72. The molecule has 0 radical (unpaired) electrons. The van der Waals surface area contributed by atoms with E-state index in [1.165, 1.54) is 5.57 Å². The quantitative estimate of drug-likeness (QED) is 0.540. The molecule has 0 saturated carbocycles. The number of hydrogen-bond acceptors (Lipinski definition) is 0. The van der Waals surface area contributed by atoms with E-state index < -0.39 is 0 Å². The minimum absolute atomic E-state index is 0.330. The van der Waals surface area contributed by atoms with E-state index in [9.17, 15) is 0 Å². The largest absolute Gasteiger partial charge is 0.0842 e. The van der Waals surface area contributed by atoms with E-state index in [-0.39, 0.29) is 0 Å². The van der Waals surface area contributed by atoms with Gasteiger partial charge in [-0.25, -0.2) is 0 Å². The smallest absolute Gasteiger partial charge is 0.0365 e. The highest BCUT2D eigenvalue weighted by molar-refractivity contribution is 9.09. The molecule has 1 aliphatic rings. The van der Waals surface area contributed by atoms with Crippen LogP contribution < -0.4 is 0 Å². The fraction of sp³-hybridized carbons (Fsp3) is 0.600. The molecule has 0 nitrogen and oxygen atoms in total. The van der Waals surface area contributed by atoms with E-state index in [1.807, 2.05) is 0 Å². The van der Waals surface area contributed by atoms with Crippen LogP contribution in [0.4, 0.5) is 0 Å². The predicted molar refractivity (Wildman–Crippen MR) is 54.0 cm³/mol. The van der Waals surface area contributed by atoms with Gasteiger partial charge in [-0.2, -0.15) is 0 Å². The van der Waals surface area contributed by atoms with Crippen LogP contribution in [0.15, 0.2) is 23.8 Å². The lowest BCUT2D eigenvalue weighted by atomic mass is 9.82. The van der Waals surface area contributed by atoms with Gasteiger partial charge in [0.25, 0.3) is 0 Å². The summed E-state index contributed by atoms with van der Waals surface area (Å²) in [5, 5.41) is 0. The molecule has 1 rings (SSSR count). The molecule has 0 spiro atoms. The lowest BCUT2D eigenvalue weighted by Gasteiger charge is -2.26. The molecular weight excluding hydrogens is 200 g/mol. The van der Waals surface area contributed by atoms with Crippen molar-refractivity contribution in [3.63, 3.8) is 0 Å². The average Bonchev–Trinajstić information content (AvgIpc) is 1.86. The summed E-state index contributed by atoms with van der Waals surface area (Å²) in [6.45, 7) is 6.78. The van der Waals surface area contributed by atoms with Gasteiger partial charge in [0.05, 0.1) is 0 Å². The third kappa shape index (κ3) is 2.48. The van der Waals surface area contributed by atoms with Gasteiger partial charge in [-0.3, -0.25) is 0 Å². The fourth-order valence-electron chi connectivity index (χ4n) is 1.19. The van der Waals surface area contributed by atoms with Crippen LogP contribution in [0, 0.1) is 5.41 Å². The highest BCUT2D eigenvalue weighted by Gasteiger charge is 2.19. The summed E-state index contributed by atoms with van der Waals surface area (Å²) in [7, 11) is 0. The van der Waals surface area contributed by atoms with Crippen LogP contribution in [-0.2, 0) is 0 Å². The first-order valence-corrected chi connectivity index (χ1v) is 4.93. The zero-order chi connectivity index (χ0) is 8.48. The first kappa shape index (κ1) is 9.05. The van der Waals surface area contributed by atoms with Gasteiger partial charge in [0.1, 0.15) is 0 Å². The maximum Gasteiger partial charge on any atom is 0.0365 e. The van der Waals surface area contributed by atoms with Crippen molar-refractivity contribution >= 4 is 15.9 Å². The fourth-order valence-corrected chi connectivity index (χ4v) is 1.72. The van der Waals surface area contributed by atoms with E-state index in [4.69, 9.17) is 0 Å². The molecule has 1 atom stereocenters. The minimum Gasteiger partial charge on any atom is -0.0842 e. The van der Waals surface area contributed by atoms with E-state index in [0.717, 1.165) is 6.42 Å². The monoisotopic (exact) mass is 214 g/mol. The molecule has 0 fully saturated rings. The Hall–Kier alpha value is -0.0400. The molecule has 0 saturated heterocycles. The molecule has 0 bridgehead atoms. The van der Waals surface area contributed by atoms with Crippen LogP contribution in [0.3, 0.4) is 0 Å². The topological polar surface area (TPSA) is 0 Å². The van der Waals surface area contributed by atoms with Gasteiger partial charge >= 0.3 is 0 Å². The Morgan fingerprint density at radius 3 is 2.45 bits per heavy atom. The number of rotatable bonds is 0. The molecule has 0 aromatic heterocycles. The van der Waals surface area contributed by atoms with Gasteiger partial charge < -0.3 is 0 Å². The van der Waals surface area contributed by atoms with Crippen LogP contribution in [-0.4, -0.2) is 4.83 Å². The molecule has 0 heterocycles. The average molecular weight is 215 g/mol. The van der Waals surface area contributed by atoms with Gasteiger partial charge in [-0.1, -0.05) is 60.5 Å². The second kappa shape index (κ2) is 3.14. The highest BCUT2D eigenvalue weighted by atomic mass is 79.9. The normalized spacial score (nSPS) is 25.1. The maximum atomic E-state index is 3.59. The molecule has 1 unspecified atom stereocenters. The molecular formula is C10H15Br. The summed E-state index contributed by atoms with van der Waals surface area (Å²) in [6, 6.07) is 0. The van der Waals surface area contributed by atoms with Crippen molar-refractivity contribution in [1.82, 2.24) is 0 Å². The van der Waals surface area contributed by atoms with Crippen molar-refractivity contribution in [1.29, 1.82) is 0 Å². The van der Waals surface area contributed by atoms with Crippen LogP contribution in [0.1, 0.15) is 27.2 Å².